The number of carbonyl (C=O) groups is 2. The monoisotopic (exact) mass is 452 g/mol. The minimum atomic E-state index is -0.269. The molecule has 0 spiro atoms. The van der Waals surface area contributed by atoms with Gasteiger partial charge >= 0.3 is 0 Å². The Morgan fingerprint density at radius 3 is 2.56 bits per heavy atom. The fourth-order valence-electron chi connectivity index (χ4n) is 2.27. The van der Waals surface area contributed by atoms with Crippen LogP contribution in [0.2, 0.25) is 0 Å². The smallest absolute Gasteiger partial charge is 0.255 e. The molecule has 0 aliphatic heterocycles. The first-order chi connectivity index (χ1) is 12.1. The SMILES string of the molecule is CCCCNC(=O)c1ccccc1NC(=O)c1ccc(OC)c(I)c1. The van der Waals surface area contributed by atoms with Crippen molar-refractivity contribution in [1.82, 2.24) is 5.32 Å². The number of para-hydroxylation sites is 1. The predicted molar refractivity (Wildman–Crippen MR) is 107 cm³/mol. The van der Waals surface area contributed by atoms with Gasteiger partial charge in [0.15, 0.2) is 0 Å². The third-order valence-corrected chi connectivity index (χ3v) is 4.49. The number of amides is 2. The third kappa shape index (κ3) is 5.19. The summed E-state index contributed by atoms with van der Waals surface area (Å²) in [6, 6.07) is 12.2. The maximum atomic E-state index is 12.5. The summed E-state index contributed by atoms with van der Waals surface area (Å²) >= 11 is 2.12. The molecule has 2 N–H and O–H groups in total. The number of nitrogens with one attached hydrogen (secondary N) is 2. The first-order valence-corrected chi connectivity index (χ1v) is 9.16. The molecule has 0 radical (unpaired) electrons. The molecule has 0 saturated carbocycles. The molecule has 25 heavy (non-hydrogen) atoms. The molecule has 5 nitrogen and oxygen atoms in total. The van der Waals surface area contributed by atoms with E-state index in [4.69, 9.17) is 4.74 Å². The van der Waals surface area contributed by atoms with Crippen LogP contribution in [0.25, 0.3) is 0 Å². The molecule has 0 saturated heterocycles. The van der Waals surface area contributed by atoms with Crippen LogP contribution in [0.1, 0.15) is 40.5 Å². The van der Waals surface area contributed by atoms with Gasteiger partial charge in [-0.2, -0.15) is 0 Å². The lowest BCUT2D eigenvalue weighted by Crippen LogP contribution is -2.26. The van der Waals surface area contributed by atoms with E-state index in [1.165, 1.54) is 0 Å². The van der Waals surface area contributed by atoms with Gasteiger partial charge in [0.25, 0.3) is 11.8 Å². The lowest BCUT2D eigenvalue weighted by atomic mass is 10.1. The third-order valence-electron chi connectivity index (χ3n) is 3.65. The summed E-state index contributed by atoms with van der Waals surface area (Å²) < 4.78 is 6.05. The molecule has 0 aromatic heterocycles. The Hall–Kier alpha value is -2.09. The fourth-order valence-corrected chi connectivity index (χ4v) is 3.00. The quantitative estimate of drug-likeness (QED) is 0.492. The Morgan fingerprint density at radius 2 is 1.88 bits per heavy atom. The molecule has 0 heterocycles. The van der Waals surface area contributed by atoms with Gasteiger partial charge in [-0.1, -0.05) is 25.5 Å². The number of halogens is 1. The van der Waals surface area contributed by atoms with E-state index in [-0.39, 0.29) is 11.8 Å². The number of benzene rings is 2. The second-order valence-electron chi connectivity index (χ2n) is 5.46. The first kappa shape index (κ1) is 19.2. The topological polar surface area (TPSA) is 67.4 Å². The summed E-state index contributed by atoms with van der Waals surface area (Å²) in [7, 11) is 1.59. The normalized spacial score (nSPS) is 10.2. The lowest BCUT2D eigenvalue weighted by molar-refractivity contribution is 0.0954. The van der Waals surface area contributed by atoms with Crippen molar-refractivity contribution in [3.63, 3.8) is 0 Å². The van der Waals surface area contributed by atoms with Crippen LogP contribution >= 0.6 is 22.6 Å². The van der Waals surface area contributed by atoms with Crippen molar-refractivity contribution in [2.75, 3.05) is 19.0 Å². The van der Waals surface area contributed by atoms with Crippen LogP contribution in [0, 0.1) is 3.57 Å². The lowest BCUT2D eigenvalue weighted by Gasteiger charge is -2.12. The first-order valence-electron chi connectivity index (χ1n) is 8.09. The minimum absolute atomic E-state index is 0.186. The summed E-state index contributed by atoms with van der Waals surface area (Å²) in [5, 5.41) is 5.69. The number of rotatable bonds is 7. The number of ether oxygens (including phenoxy) is 1. The second-order valence-corrected chi connectivity index (χ2v) is 6.62. The van der Waals surface area contributed by atoms with Crippen LogP contribution in [0.3, 0.4) is 0 Å². The Labute approximate surface area is 161 Å². The molecule has 0 unspecified atom stereocenters. The van der Waals surface area contributed by atoms with Crippen LogP contribution < -0.4 is 15.4 Å². The molecule has 2 aromatic carbocycles. The average Bonchev–Trinajstić information content (AvgIpc) is 2.62. The van der Waals surface area contributed by atoms with Gasteiger partial charge in [0.05, 0.1) is 21.9 Å². The molecular weight excluding hydrogens is 431 g/mol. The number of unbranched alkanes of at least 4 members (excludes halogenated alkanes) is 1. The van der Waals surface area contributed by atoms with Gasteiger partial charge in [-0.15, -0.1) is 0 Å². The maximum absolute atomic E-state index is 12.5. The highest BCUT2D eigenvalue weighted by atomic mass is 127. The molecule has 132 valence electrons. The van der Waals surface area contributed by atoms with Crippen molar-refractivity contribution in [1.29, 1.82) is 0 Å². The fraction of sp³-hybridized carbons (Fsp3) is 0.263. The van der Waals surface area contributed by atoms with Gasteiger partial charge in [0.1, 0.15) is 5.75 Å². The Morgan fingerprint density at radius 1 is 1.12 bits per heavy atom. The Kier molecular flexibility index (Phi) is 7.24. The van der Waals surface area contributed by atoms with E-state index in [1.807, 2.05) is 0 Å². The van der Waals surface area contributed by atoms with Crippen LogP contribution in [-0.4, -0.2) is 25.5 Å². The van der Waals surface area contributed by atoms with Crippen molar-refractivity contribution < 1.29 is 14.3 Å². The summed E-state index contributed by atoms with van der Waals surface area (Å²) in [6.07, 6.45) is 1.93. The van der Waals surface area contributed by atoms with E-state index in [0.29, 0.717) is 29.1 Å². The minimum Gasteiger partial charge on any atom is -0.496 e. The highest BCUT2D eigenvalue weighted by Crippen LogP contribution is 2.23. The molecule has 0 aliphatic carbocycles. The van der Waals surface area contributed by atoms with Crippen LogP contribution in [0.15, 0.2) is 42.5 Å². The zero-order chi connectivity index (χ0) is 18.2. The van der Waals surface area contributed by atoms with E-state index in [1.54, 1.807) is 49.6 Å². The molecule has 0 bridgehead atoms. The largest absolute Gasteiger partial charge is 0.496 e. The summed E-state index contributed by atoms with van der Waals surface area (Å²) in [5.41, 5.74) is 1.45. The summed E-state index contributed by atoms with van der Waals surface area (Å²) in [4.78, 5) is 24.8. The van der Waals surface area contributed by atoms with Gasteiger partial charge in [-0.3, -0.25) is 9.59 Å². The van der Waals surface area contributed by atoms with E-state index in [9.17, 15) is 9.59 Å². The number of methoxy groups -OCH3 is 1. The number of hydrogen-bond donors (Lipinski definition) is 2. The highest BCUT2D eigenvalue weighted by molar-refractivity contribution is 14.1. The number of carbonyl (C=O) groups excluding carboxylic acids is 2. The molecule has 2 rings (SSSR count). The molecule has 0 aliphatic rings. The van der Waals surface area contributed by atoms with E-state index >= 15 is 0 Å². The van der Waals surface area contributed by atoms with Crippen molar-refractivity contribution in [2.24, 2.45) is 0 Å². The Bertz CT molecular complexity index is 762. The van der Waals surface area contributed by atoms with Crippen molar-refractivity contribution in [3.8, 4) is 5.75 Å². The zero-order valence-corrected chi connectivity index (χ0v) is 16.4. The maximum Gasteiger partial charge on any atom is 0.255 e. The van der Waals surface area contributed by atoms with Crippen molar-refractivity contribution in [3.05, 3.63) is 57.2 Å². The molecule has 2 aromatic rings. The summed E-state index contributed by atoms with van der Waals surface area (Å²) in [6.45, 7) is 2.69. The van der Waals surface area contributed by atoms with E-state index in [0.717, 1.165) is 16.4 Å². The Balaban J connectivity index is 2.15. The average molecular weight is 452 g/mol. The van der Waals surface area contributed by atoms with Gasteiger partial charge in [0.2, 0.25) is 0 Å². The van der Waals surface area contributed by atoms with Crippen LogP contribution in [0.4, 0.5) is 5.69 Å². The molecular formula is C19H21IN2O3. The number of anilines is 1. The molecule has 0 fully saturated rings. The highest BCUT2D eigenvalue weighted by Gasteiger charge is 2.14. The molecule has 0 atom stereocenters. The van der Waals surface area contributed by atoms with Crippen LogP contribution in [-0.2, 0) is 0 Å². The van der Waals surface area contributed by atoms with E-state index in [2.05, 4.69) is 40.1 Å². The molecule has 2 amide bonds. The van der Waals surface area contributed by atoms with Crippen LogP contribution in [0.5, 0.6) is 5.75 Å². The van der Waals surface area contributed by atoms with E-state index < -0.39 is 0 Å². The van der Waals surface area contributed by atoms with Crippen molar-refractivity contribution in [2.45, 2.75) is 19.8 Å². The standard InChI is InChI=1S/C19H21IN2O3/c1-3-4-11-21-19(24)14-7-5-6-8-16(14)22-18(23)13-9-10-17(25-2)15(20)12-13/h5-10,12H,3-4,11H2,1-2H3,(H,21,24)(H,22,23). The van der Waals surface area contributed by atoms with Gasteiger partial charge < -0.3 is 15.4 Å². The second kappa shape index (κ2) is 9.41. The van der Waals surface area contributed by atoms with Crippen molar-refractivity contribution >= 4 is 40.1 Å². The predicted octanol–water partition coefficient (Wildman–Crippen LogP) is 4.08. The summed E-state index contributed by atoms with van der Waals surface area (Å²) in [5.74, 6) is 0.260. The van der Waals surface area contributed by atoms with Gasteiger partial charge in [-0.25, -0.2) is 0 Å². The zero-order valence-electron chi connectivity index (χ0n) is 14.3. The number of hydrogen-bond acceptors (Lipinski definition) is 3. The van der Waals surface area contributed by atoms with Gasteiger partial charge in [0, 0.05) is 12.1 Å². The van der Waals surface area contributed by atoms with Gasteiger partial charge in [-0.05, 0) is 59.3 Å². The molecule has 6 heteroatoms.